The molecule has 8 nitrogen and oxygen atoms in total. The molecule has 1 aliphatic carbocycles. The van der Waals surface area contributed by atoms with Gasteiger partial charge in [0.25, 0.3) is 11.8 Å². The van der Waals surface area contributed by atoms with Gasteiger partial charge in [0.15, 0.2) is 0 Å². The monoisotopic (exact) mass is 543 g/mol. The number of carbonyl (C=O) groups excluding carboxylic acids is 2. The van der Waals surface area contributed by atoms with Gasteiger partial charge >= 0.3 is 12.3 Å². The lowest BCUT2D eigenvalue weighted by molar-refractivity contribution is -0.274. The molecular formula is C28H28F3N3O5. The summed E-state index contributed by atoms with van der Waals surface area (Å²) in [5.74, 6) is -1.86. The molecule has 2 atom stereocenters. The Morgan fingerprint density at radius 1 is 1.15 bits per heavy atom. The summed E-state index contributed by atoms with van der Waals surface area (Å²) in [6.45, 7) is 2.42. The van der Waals surface area contributed by atoms with Gasteiger partial charge in [-0.3, -0.25) is 19.4 Å². The number of nitrogens with zero attached hydrogens (tertiary/aromatic N) is 2. The van der Waals surface area contributed by atoms with Crippen molar-refractivity contribution in [1.29, 1.82) is 0 Å². The molecule has 4 rings (SSSR count). The number of aliphatic carboxylic acids is 1. The van der Waals surface area contributed by atoms with Gasteiger partial charge in [0.2, 0.25) is 0 Å². The van der Waals surface area contributed by atoms with Gasteiger partial charge in [-0.1, -0.05) is 31.2 Å². The molecule has 2 amide bonds. The number of alkyl halides is 3. The Morgan fingerprint density at radius 2 is 1.85 bits per heavy atom. The number of hydrogen-bond donors (Lipinski definition) is 2. The molecular weight excluding hydrogens is 515 g/mol. The number of rotatable bonds is 9. The summed E-state index contributed by atoms with van der Waals surface area (Å²) in [5, 5.41) is 11.3. The lowest BCUT2D eigenvalue weighted by Crippen LogP contribution is -2.49. The van der Waals surface area contributed by atoms with E-state index in [2.05, 4.69) is 16.1 Å². The maximum atomic E-state index is 13.6. The van der Waals surface area contributed by atoms with Crippen LogP contribution in [0.5, 0.6) is 5.75 Å². The molecule has 1 heterocycles. The van der Waals surface area contributed by atoms with Crippen molar-refractivity contribution in [1.82, 2.24) is 10.2 Å². The maximum Gasteiger partial charge on any atom is 0.573 e. The van der Waals surface area contributed by atoms with Gasteiger partial charge < -0.3 is 20.1 Å². The zero-order valence-corrected chi connectivity index (χ0v) is 21.2. The molecule has 11 heteroatoms. The van der Waals surface area contributed by atoms with Crippen molar-refractivity contribution in [2.45, 2.75) is 44.6 Å². The molecule has 2 aliphatic rings. The number of nitrogens with one attached hydrogen (secondary N) is 1. The summed E-state index contributed by atoms with van der Waals surface area (Å²) in [6.07, 6.45) is 0.729. The van der Waals surface area contributed by atoms with Gasteiger partial charge in [-0.05, 0) is 60.7 Å². The average Bonchev–Trinajstić information content (AvgIpc) is 3.12. The summed E-state index contributed by atoms with van der Waals surface area (Å²) in [7, 11) is 0. The van der Waals surface area contributed by atoms with Crippen molar-refractivity contribution < 1.29 is 37.4 Å². The third-order valence-electron chi connectivity index (χ3n) is 6.65. The fourth-order valence-corrected chi connectivity index (χ4v) is 4.86. The van der Waals surface area contributed by atoms with Gasteiger partial charge in [0, 0.05) is 30.6 Å². The van der Waals surface area contributed by atoms with Gasteiger partial charge in [-0.25, -0.2) is 0 Å². The number of aliphatic imine (C=N–C) groups is 1. The first-order chi connectivity index (χ1) is 18.5. The third kappa shape index (κ3) is 6.84. The topological polar surface area (TPSA) is 108 Å². The minimum Gasteiger partial charge on any atom is -0.481 e. The van der Waals surface area contributed by atoms with E-state index >= 15 is 0 Å². The number of carbonyl (C=O) groups is 3. The fraction of sp³-hybridized carbons (Fsp3) is 0.357. The van der Waals surface area contributed by atoms with E-state index in [-0.39, 0.29) is 42.2 Å². The van der Waals surface area contributed by atoms with Crippen LogP contribution in [0.1, 0.15) is 47.7 Å². The van der Waals surface area contributed by atoms with Crippen molar-refractivity contribution in [2.75, 3.05) is 13.1 Å². The second-order valence-electron chi connectivity index (χ2n) is 9.63. The summed E-state index contributed by atoms with van der Waals surface area (Å²) in [6, 6.07) is 12.0. The lowest BCUT2D eigenvalue weighted by Gasteiger charge is -2.39. The second kappa shape index (κ2) is 11.3. The number of benzene rings is 2. The number of ether oxygens (including phenoxy) is 1. The first-order valence-corrected chi connectivity index (χ1v) is 12.5. The quantitative estimate of drug-likeness (QED) is 0.458. The molecule has 0 saturated heterocycles. The predicted molar refractivity (Wildman–Crippen MR) is 136 cm³/mol. The molecule has 0 fully saturated rings. The van der Waals surface area contributed by atoms with Crippen LogP contribution in [0.25, 0.3) is 0 Å². The van der Waals surface area contributed by atoms with Crippen LogP contribution in [-0.2, 0) is 16.0 Å². The predicted octanol–water partition coefficient (Wildman–Crippen LogP) is 4.35. The average molecular weight is 544 g/mol. The summed E-state index contributed by atoms with van der Waals surface area (Å²) in [5.41, 5.74) is 1.11. The number of carboxylic acids is 1. The van der Waals surface area contributed by atoms with Crippen molar-refractivity contribution in [3.8, 4) is 5.75 Å². The normalized spacial score (nSPS) is 20.7. The fourth-order valence-electron chi connectivity index (χ4n) is 4.86. The van der Waals surface area contributed by atoms with E-state index in [1.165, 1.54) is 12.1 Å². The molecule has 2 unspecified atom stereocenters. The molecule has 1 aliphatic heterocycles. The number of halogens is 3. The van der Waals surface area contributed by atoms with Crippen molar-refractivity contribution >= 4 is 23.5 Å². The number of carboxylic acid groups (broad SMARTS) is 1. The Bertz CT molecular complexity index is 1290. The van der Waals surface area contributed by atoms with Crippen molar-refractivity contribution in [2.24, 2.45) is 10.9 Å². The van der Waals surface area contributed by atoms with Crippen LogP contribution < -0.4 is 10.1 Å². The van der Waals surface area contributed by atoms with E-state index in [9.17, 15) is 27.6 Å². The second-order valence-corrected chi connectivity index (χ2v) is 9.63. The summed E-state index contributed by atoms with van der Waals surface area (Å²) >= 11 is 0. The molecule has 0 aromatic heterocycles. The molecule has 0 saturated carbocycles. The van der Waals surface area contributed by atoms with Crippen LogP contribution in [-0.4, -0.2) is 58.6 Å². The number of hydrogen-bond acceptors (Lipinski definition) is 5. The standard InChI is InChI=1S/C28H28F3N3O5/c1-18-3-2-14-27(17-18)33-24(20-8-10-22(11-9-20)39-28(29,30)31)26(38)34(27)16-13-19-4-6-21(7-5-19)25(37)32-15-12-23(35)36/h2-11,18H,12-17H2,1H3,(H,32,37)(H,35,36). The van der Waals surface area contributed by atoms with Crippen LogP contribution in [0.4, 0.5) is 13.2 Å². The van der Waals surface area contributed by atoms with E-state index in [0.717, 1.165) is 17.7 Å². The Balaban J connectivity index is 1.48. The third-order valence-corrected chi connectivity index (χ3v) is 6.65. The molecule has 2 aromatic carbocycles. The van der Waals surface area contributed by atoms with E-state index < -0.39 is 18.0 Å². The largest absolute Gasteiger partial charge is 0.573 e. The van der Waals surface area contributed by atoms with E-state index in [1.54, 1.807) is 29.2 Å². The van der Waals surface area contributed by atoms with Gasteiger partial charge in [0.1, 0.15) is 17.1 Å². The van der Waals surface area contributed by atoms with E-state index in [4.69, 9.17) is 10.1 Å². The van der Waals surface area contributed by atoms with E-state index in [0.29, 0.717) is 36.9 Å². The highest BCUT2D eigenvalue weighted by atomic mass is 19.4. The minimum atomic E-state index is -4.81. The van der Waals surface area contributed by atoms with Gasteiger partial charge in [0.05, 0.1) is 6.42 Å². The number of amides is 2. The lowest BCUT2D eigenvalue weighted by atomic mass is 9.87. The molecule has 2 N–H and O–H groups in total. The zero-order chi connectivity index (χ0) is 28.2. The molecule has 206 valence electrons. The number of allylic oxidation sites excluding steroid dienone is 1. The molecule has 0 radical (unpaired) electrons. The van der Waals surface area contributed by atoms with Gasteiger partial charge in [-0.15, -0.1) is 13.2 Å². The molecule has 0 bridgehead atoms. The Kier molecular flexibility index (Phi) is 8.08. The maximum absolute atomic E-state index is 13.6. The minimum absolute atomic E-state index is 0.0301. The van der Waals surface area contributed by atoms with Crippen molar-refractivity contribution in [3.63, 3.8) is 0 Å². The van der Waals surface area contributed by atoms with Crippen LogP contribution in [0.3, 0.4) is 0 Å². The summed E-state index contributed by atoms with van der Waals surface area (Å²) < 4.78 is 41.6. The molecule has 39 heavy (non-hydrogen) atoms. The smallest absolute Gasteiger partial charge is 0.481 e. The highest BCUT2D eigenvalue weighted by Crippen LogP contribution is 2.39. The van der Waals surface area contributed by atoms with Crippen LogP contribution in [0.15, 0.2) is 65.7 Å². The van der Waals surface area contributed by atoms with Crippen LogP contribution in [0.2, 0.25) is 0 Å². The molecule has 1 spiro atoms. The van der Waals surface area contributed by atoms with Crippen molar-refractivity contribution in [3.05, 3.63) is 77.4 Å². The Labute approximate surface area is 223 Å². The Hall–Kier alpha value is -4.15. The first-order valence-electron chi connectivity index (χ1n) is 12.5. The highest BCUT2D eigenvalue weighted by Gasteiger charge is 2.47. The Morgan fingerprint density at radius 3 is 2.46 bits per heavy atom. The first kappa shape index (κ1) is 27.9. The zero-order valence-electron chi connectivity index (χ0n) is 21.2. The summed E-state index contributed by atoms with van der Waals surface area (Å²) in [4.78, 5) is 43.0. The molecule has 2 aromatic rings. The van der Waals surface area contributed by atoms with Gasteiger partial charge in [-0.2, -0.15) is 0 Å². The van der Waals surface area contributed by atoms with Crippen LogP contribution >= 0.6 is 0 Å². The van der Waals surface area contributed by atoms with Crippen LogP contribution in [0, 0.1) is 5.92 Å². The van der Waals surface area contributed by atoms with E-state index in [1.807, 2.05) is 13.0 Å². The highest BCUT2D eigenvalue weighted by molar-refractivity contribution is 6.46. The SMILES string of the molecule is CC1C=CCC2(C1)N=C(c1ccc(OC(F)(F)F)cc1)C(=O)N2CCc1ccc(C(=O)NCCC(=O)O)cc1.